The number of hydrogen-bond acceptors (Lipinski definition) is 5. The number of carbonyl (C=O) groups excluding carboxylic acids is 3. The van der Waals surface area contributed by atoms with Gasteiger partial charge in [-0.1, -0.05) is 0 Å². The van der Waals surface area contributed by atoms with E-state index < -0.39 is 17.7 Å². The monoisotopic (exact) mass is 322 g/mol. The lowest BCUT2D eigenvalue weighted by atomic mass is 10.1. The third-order valence-electron chi connectivity index (χ3n) is 2.98. The fourth-order valence-corrected chi connectivity index (χ4v) is 2.15. The standard InChI is InChI=1S/C13H14N4O4S/c18-10(17-21)2-1-5-14-13(22)15-7-3-4-8-9(6-7)12(20)16-11(8)19/h3-4,6,21H,1-2,5H2,(H,17,18)(H2,14,15,22)(H,16,19,20). The molecule has 9 heteroatoms. The Balaban J connectivity index is 1.85. The summed E-state index contributed by atoms with van der Waals surface area (Å²) in [5, 5.41) is 16.7. The molecule has 1 aliphatic rings. The van der Waals surface area contributed by atoms with Crippen molar-refractivity contribution in [1.82, 2.24) is 16.1 Å². The van der Waals surface area contributed by atoms with Crippen LogP contribution in [0.15, 0.2) is 18.2 Å². The van der Waals surface area contributed by atoms with Crippen LogP contribution in [-0.2, 0) is 4.79 Å². The number of imide groups is 1. The first-order valence-electron chi connectivity index (χ1n) is 6.49. The molecule has 5 N–H and O–H groups in total. The molecule has 0 aromatic heterocycles. The molecule has 0 atom stereocenters. The average Bonchev–Trinajstić information content (AvgIpc) is 2.78. The summed E-state index contributed by atoms with van der Waals surface area (Å²) in [5.41, 5.74) is 2.76. The van der Waals surface area contributed by atoms with E-state index in [1.807, 2.05) is 0 Å². The van der Waals surface area contributed by atoms with Crippen LogP contribution in [0.5, 0.6) is 0 Å². The molecular weight excluding hydrogens is 308 g/mol. The molecule has 1 heterocycles. The maximum atomic E-state index is 11.6. The third kappa shape index (κ3) is 3.77. The van der Waals surface area contributed by atoms with E-state index in [-0.39, 0.29) is 6.42 Å². The van der Waals surface area contributed by atoms with Crippen LogP contribution in [0.25, 0.3) is 0 Å². The maximum Gasteiger partial charge on any atom is 0.259 e. The summed E-state index contributed by atoms with van der Waals surface area (Å²) in [4.78, 5) is 33.8. The van der Waals surface area contributed by atoms with Gasteiger partial charge < -0.3 is 10.6 Å². The molecule has 1 aromatic carbocycles. The number of nitrogens with one attached hydrogen (secondary N) is 4. The first-order valence-corrected chi connectivity index (χ1v) is 6.89. The van der Waals surface area contributed by atoms with Crippen LogP contribution in [0.3, 0.4) is 0 Å². The summed E-state index contributed by atoms with van der Waals surface area (Å²) in [6, 6.07) is 4.74. The molecule has 116 valence electrons. The topological polar surface area (TPSA) is 120 Å². The molecule has 0 radical (unpaired) electrons. The summed E-state index contributed by atoms with van der Waals surface area (Å²) in [6.45, 7) is 0.448. The molecule has 22 heavy (non-hydrogen) atoms. The molecular formula is C13H14N4O4S. The Morgan fingerprint density at radius 3 is 2.68 bits per heavy atom. The van der Waals surface area contributed by atoms with Crippen LogP contribution in [0.4, 0.5) is 5.69 Å². The van der Waals surface area contributed by atoms with Crippen molar-refractivity contribution >= 4 is 40.7 Å². The molecule has 0 aliphatic carbocycles. The van der Waals surface area contributed by atoms with E-state index in [2.05, 4.69) is 16.0 Å². The van der Waals surface area contributed by atoms with E-state index >= 15 is 0 Å². The predicted molar refractivity (Wildman–Crippen MR) is 81.6 cm³/mol. The van der Waals surface area contributed by atoms with Crippen molar-refractivity contribution in [3.8, 4) is 0 Å². The van der Waals surface area contributed by atoms with Gasteiger partial charge >= 0.3 is 0 Å². The van der Waals surface area contributed by atoms with Crippen molar-refractivity contribution in [3.05, 3.63) is 29.3 Å². The highest BCUT2D eigenvalue weighted by atomic mass is 32.1. The first kappa shape index (κ1) is 15.9. The van der Waals surface area contributed by atoms with Crippen molar-refractivity contribution in [2.45, 2.75) is 12.8 Å². The van der Waals surface area contributed by atoms with Gasteiger partial charge in [0.15, 0.2) is 5.11 Å². The summed E-state index contributed by atoms with van der Waals surface area (Å²) < 4.78 is 0. The zero-order chi connectivity index (χ0) is 16.1. The zero-order valence-corrected chi connectivity index (χ0v) is 12.3. The molecule has 1 aromatic rings. The molecule has 8 nitrogen and oxygen atoms in total. The van der Waals surface area contributed by atoms with Crippen molar-refractivity contribution in [2.24, 2.45) is 0 Å². The molecule has 0 spiro atoms. The lowest BCUT2D eigenvalue weighted by Gasteiger charge is -2.10. The van der Waals surface area contributed by atoms with Gasteiger partial charge in [-0.3, -0.25) is 24.9 Å². The first-order chi connectivity index (χ1) is 10.5. The van der Waals surface area contributed by atoms with E-state index in [1.165, 1.54) is 0 Å². The Kier molecular flexibility index (Phi) is 5.02. The molecule has 2 rings (SSSR count). The summed E-state index contributed by atoms with van der Waals surface area (Å²) >= 11 is 5.08. The highest BCUT2D eigenvalue weighted by molar-refractivity contribution is 7.80. The van der Waals surface area contributed by atoms with Gasteiger partial charge in [-0.05, 0) is 36.8 Å². The summed E-state index contributed by atoms with van der Waals surface area (Å²) in [7, 11) is 0. The lowest BCUT2D eigenvalue weighted by molar-refractivity contribution is -0.129. The number of hydroxylamine groups is 1. The zero-order valence-electron chi connectivity index (χ0n) is 11.4. The summed E-state index contributed by atoms with van der Waals surface area (Å²) in [6.07, 6.45) is 0.669. The van der Waals surface area contributed by atoms with E-state index in [0.29, 0.717) is 34.9 Å². The fourth-order valence-electron chi connectivity index (χ4n) is 1.93. The van der Waals surface area contributed by atoms with Crippen molar-refractivity contribution in [1.29, 1.82) is 0 Å². The minimum absolute atomic E-state index is 0.174. The molecule has 0 bridgehead atoms. The van der Waals surface area contributed by atoms with E-state index in [4.69, 9.17) is 17.4 Å². The van der Waals surface area contributed by atoms with Crippen LogP contribution in [0, 0.1) is 0 Å². The van der Waals surface area contributed by atoms with E-state index in [1.54, 1.807) is 23.7 Å². The quantitative estimate of drug-likeness (QED) is 0.172. The van der Waals surface area contributed by atoms with Crippen LogP contribution >= 0.6 is 12.2 Å². The van der Waals surface area contributed by atoms with Gasteiger partial charge in [0.1, 0.15) is 0 Å². The van der Waals surface area contributed by atoms with Crippen LogP contribution < -0.4 is 21.4 Å². The minimum atomic E-state index is -0.463. The largest absolute Gasteiger partial charge is 0.362 e. The molecule has 0 saturated heterocycles. The number of thiocarbonyl (C=S) groups is 1. The summed E-state index contributed by atoms with van der Waals surface area (Å²) in [5.74, 6) is -1.30. The maximum absolute atomic E-state index is 11.6. The van der Waals surface area contributed by atoms with Crippen LogP contribution in [0.1, 0.15) is 33.6 Å². The van der Waals surface area contributed by atoms with E-state index in [0.717, 1.165) is 0 Å². The van der Waals surface area contributed by atoms with Crippen molar-refractivity contribution < 1.29 is 19.6 Å². The highest BCUT2D eigenvalue weighted by Gasteiger charge is 2.26. The lowest BCUT2D eigenvalue weighted by Crippen LogP contribution is -2.30. The second-order valence-corrected chi connectivity index (χ2v) is 4.97. The molecule has 0 saturated carbocycles. The molecule has 0 unspecified atom stereocenters. The van der Waals surface area contributed by atoms with E-state index in [9.17, 15) is 14.4 Å². The van der Waals surface area contributed by atoms with Gasteiger partial charge in [-0.15, -0.1) is 0 Å². The normalized spacial score (nSPS) is 12.4. The van der Waals surface area contributed by atoms with Gasteiger partial charge in [-0.25, -0.2) is 5.48 Å². The minimum Gasteiger partial charge on any atom is -0.362 e. The molecule has 1 aliphatic heterocycles. The third-order valence-corrected chi connectivity index (χ3v) is 3.23. The van der Waals surface area contributed by atoms with Gasteiger partial charge in [-0.2, -0.15) is 0 Å². The number of fused-ring (bicyclic) bond motifs is 1. The van der Waals surface area contributed by atoms with Gasteiger partial charge in [0.2, 0.25) is 5.91 Å². The second kappa shape index (κ2) is 6.96. The number of benzene rings is 1. The van der Waals surface area contributed by atoms with Gasteiger partial charge in [0.25, 0.3) is 11.8 Å². The van der Waals surface area contributed by atoms with Crippen molar-refractivity contribution in [3.63, 3.8) is 0 Å². The van der Waals surface area contributed by atoms with Gasteiger partial charge in [0, 0.05) is 18.7 Å². The fraction of sp³-hybridized carbons (Fsp3) is 0.231. The molecule has 0 fully saturated rings. The Hall–Kier alpha value is -2.52. The number of hydrogen-bond donors (Lipinski definition) is 5. The second-order valence-electron chi connectivity index (χ2n) is 4.56. The predicted octanol–water partition coefficient (Wildman–Crippen LogP) is 0.142. The van der Waals surface area contributed by atoms with Crippen molar-refractivity contribution in [2.75, 3.05) is 11.9 Å². The van der Waals surface area contributed by atoms with Gasteiger partial charge in [0.05, 0.1) is 11.1 Å². The highest BCUT2D eigenvalue weighted by Crippen LogP contribution is 2.20. The molecule has 3 amide bonds. The smallest absolute Gasteiger partial charge is 0.259 e. The number of carbonyl (C=O) groups is 3. The Labute approximate surface area is 131 Å². The van der Waals surface area contributed by atoms with Crippen LogP contribution in [0.2, 0.25) is 0 Å². The average molecular weight is 322 g/mol. The number of anilines is 1. The Morgan fingerprint density at radius 1 is 1.23 bits per heavy atom. The Bertz CT molecular complexity index is 647. The number of rotatable bonds is 5. The van der Waals surface area contributed by atoms with Crippen LogP contribution in [-0.4, -0.2) is 34.6 Å². The number of amides is 3. The SMILES string of the molecule is O=C(CCCNC(=S)Nc1ccc2c(c1)C(=O)NC2=O)NO. The Morgan fingerprint density at radius 2 is 1.95 bits per heavy atom.